The maximum Gasteiger partial charge on any atom is 0.300 e. The number of rotatable bonds is 7. The van der Waals surface area contributed by atoms with Gasteiger partial charge in [-0.05, 0) is 72.9 Å². The molecule has 192 valence electrons. The van der Waals surface area contributed by atoms with Gasteiger partial charge in [0.25, 0.3) is 11.7 Å². The van der Waals surface area contributed by atoms with Gasteiger partial charge in [0.05, 0.1) is 18.2 Å². The normalized spacial score (nSPS) is 16.9. The first kappa shape index (κ1) is 26.0. The predicted octanol–water partition coefficient (Wildman–Crippen LogP) is 6.21. The van der Waals surface area contributed by atoms with Crippen LogP contribution in [0.3, 0.4) is 0 Å². The number of ketones is 1. The first-order valence-corrected chi connectivity index (χ1v) is 12.6. The highest BCUT2D eigenvalue weighted by Crippen LogP contribution is 2.44. The summed E-state index contributed by atoms with van der Waals surface area (Å²) < 4.78 is 5.77. The molecule has 1 aliphatic heterocycles. The molecule has 3 aromatic rings. The molecule has 1 saturated heterocycles. The highest BCUT2D eigenvalue weighted by atomic mass is 16.5. The van der Waals surface area contributed by atoms with Crippen LogP contribution in [0.5, 0.6) is 5.75 Å². The van der Waals surface area contributed by atoms with E-state index in [1.54, 1.807) is 6.07 Å². The zero-order chi connectivity index (χ0) is 26.9. The number of nitrogens with zero attached hydrogens (tertiary/aromatic N) is 2. The van der Waals surface area contributed by atoms with Crippen molar-refractivity contribution in [1.29, 1.82) is 0 Å². The van der Waals surface area contributed by atoms with Crippen molar-refractivity contribution in [2.45, 2.75) is 39.7 Å². The number of aliphatic hydroxyl groups excluding tert-OH is 1. The van der Waals surface area contributed by atoms with Crippen LogP contribution in [0.2, 0.25) is 0 Å². The number of aliphatic hydroxyl groups is 1. The summed E-state index contributed by atoms with van der Waals surface area (Å²) >= 11 is 0. The van der Waals surface area contributed by atoms with E-state index in [2.05, 4.69) is 0 Å². The van der Waals surface area contributed by atoms with E-state index in [1.165, 1.54) is 4.90 Å². The molecule has 1 atom stereocenters. The van der Waals surface area contributed by atoms with E-state index in [1.807, 2.05) is 107 Å². The fourth-order valence-electron chi connectivity index (χ4n) is 4.77. The molecule has 0 spiro atoms. The first-order chi connectivity index (χ1) is 17.6. The first-order valence-electron chi connectivity index (χ1n) is 12.6. The van der Waals surface area contributed by atoms with Crippen molar-refractivity contribution >= 4 is 28.8 Å². The van der Waals surface area contributed by atoms with E-state index >= 15 is 0 Å². The Balaban J connectivity index is 1.94. The number of ether oxygens (including phenoxy) is 1. The summed E-state index contributed by atoms with van der Waals surface area (Å²) in [6, 6.07) is 19.8. The summed E-state index contributed by atoms with van der Waals surface area (Å²) in [5.41, 5.74) is 4.71. The molecule has 1 aliphatic rings. The molecule has 0 bridgehead atoms. The summed E-state index contributed by atoms with van der Waals surface area (Å²) in [4.78, 5) is 30.5. The average Bonchev–Trinajstić information content (AvgIpc) is 3.14. The van der Waals surface area contributed by atoms with Crippen molar-refractivity contribution in [2.75, 3.05) is 30.5 Å². The number of hydrogen-bond donors (Lipinski definition) is 1. The fourth-order valence-corrected chi connectivity index (χ4v) is 4.77. The summed E-state index contributed by atoms with van der Waals surface area (Å²) in [7, 11) is 3.90. The van der Waals surface area contributed by atoms with Crippen LogP contribution < -0.4 is 14.5 Å². The molecule has 6 heteroatoms. The monoisotopic (exact) mass is 498 g/mol. The van der Waals surface area contributed by atoms with E-state index < -0.39 is 17.7 Å². The quantitative estimate of drug-likeness (QED) is 0.238. The third kappa shape index (κ3) is 4.84. The van der Waals surface area contributed by atoms with E-state index in [9.17, 15) is 14.7 Å². The summed E-state index contributed by atoms with van der Waals surface area (Å²) in [5.74, 6) is -0.681. The van der Waals surface area contributed by atoms with Crippen LogP contribution in [0.25, 0.3) is 5.76 Å². The van der Waals surface area contributed by atoms with Crippen molar-refractivity contribution < 1.29 is 19.4 Å². The van der Waals surface area contributed by atoms with Crippen molar-refractivity contribution in [3.05, 3.63) is 94.6 Å². The molecule has 4 rings (SSSR count). The molecule has 3 aromatic carbocycles. The number of aryl methyl sites for hydroxylation is 1. The number of benzene rings is 3. The Hall–Kier alpha value is -4.06. The standard InChI is InChI=1S/C31H34N2O4/c1-7-37-26-17-14-22(18-24(26)19(2)3)29(34)27-28(21-12-15-23(16-13-21)32(5)6)33(31(36)30(27)35)25-11-9-8-10-20(25)4/h8-19,28,34H,7H2,1-6H3/b29-27-. The molecule has 1 amide bonds. The lowest BCUT2D eigenvalue weighted by molar-refractivity contribution is -0.132. The molecule has 1 unspecified atom stereocenters. The SMILES string of the molecule is CCOc1ccc(/C(O)=C2/C(=O)C(=O)N(c3ccccc3C)C2c2ccc(N(C)C)cc2)cc1C(C)C. The van der Waals surface area contributed by atoms with Crippen molar-refractivity contribution in [2.24, 2.45) is 0 Å². The lowest BCUT2D eigenvalue weighted by Gasteiger charge is -2.27. The van der Waals surface area contributed by atoms with Gasteiger partial charge in [-0.25, -0.2) is 0 Å². The topological polar surface area (TPSA) is 70.1 Å². The van der Waals surface area contributed by atoms with Gasteiger partial charge >= 0.3 is 0 Å². The zero-order valence-corrected chi connectivity index (χ0v) is 22.3. The molecule has 0 aromatic heterocycles. The summed E-state index contributed by atoms with van der Waals surface area (Å²) in [5, 5.41) is 11.6. The maximum absolute atomic E-state index is 13.5. The smallest absolute Gasteiger partial charge is 0.300 e. The highest BCUT2D eigenvalue weighted by molar-refractivity contribution is 6.51. The number of hydrogen-bond acceptors (Lipinski definition) is 5. The van der Waals surface area contributed by atoms with Gasteiger partial charge in [0, 0.05) is 31.0 Å². The van der Waals surface area contributed by atoms with Gasteiger partial charge in [-0.1, -0.05) is 44.2 Å². The third-order valence-electron chi connectivity index (χ3n) is 6.75. The fraction of sp³-hybridized carbons (Fsp3) is 0.290. The lowest BCUT2D eigenvalue weighted by Crippen LogP contribution is -2.30. The molecule has 1 N–H and O–H groups in total. The van der Waals surface area contributed by atoms with E-state index in [-0.39, 0.29) is 17.3 Å². The zero-order valence-electron chi connectivity index (χ0n) is 22.3. The van der Waals surface area contributed by atoms with Crippen molar-refractivity contribution in [1.82, 2.24) is 0 Å². The molecular formula is C31H34N2O4. The van der Waals surface area contributed by atoms with Gasteiger partial charge in [0.1, 0.15) is 11.5 Å². The van der Waals surface area contributed by atoms with Gasteiger partial charge in [-0.3, -0.25) is 14.5 Å². The van der Waals surface area contributed by atoms with Crippen molar-refractivity contribution in [3.8, 4) is 5.75 Å². The van der Waals surface area contributed by atoms with Crippen LogP contribution in [-0.2, 0) is 9.59 Å². The van der Waals surface area contributed by atoms with Gasteiger partial charge in [0.2, 0.25) is 0 Å². The number of amides is 1. The molecule has 0 saturated carbocycles. The minimum atomic E-state index is -0.772. The number of Topliss-reactive ketones (excluding diaryl/α,β-unsaturated/α-hetero) is 1. The predicted molar refractivity (Wildman–Crippen MR) is 148 cm³/mol. The van der Waals surface area contributed by atoms with Crippen LogP contribution in [0.4, 0.5) is 11.4 Å². The Kier molecular flexibility index (Phi) is 7.39. The van der Waals surface area contributed by atoms with Crippen LogP contribution in [0.15, 0.2) is 72.3 Å². The molecule has 1 heterocycles. The minimum absolute atomic E-state index is 0.0738. The number of carbonyl (C=O) groups is 2. The van der Waals surface area contributed by atoms with E-state index in [0.29, 0.717) is 17.9 Å². The Labute approximate surface area is 218 Å². The van der Waals surface area contributed by atoms with Crippen LogP contribution in [0.1, 0.15) is 55.0 Å². The van der Waals surface area contributed by atoms with Crippen LogP contribution >= 0.6 is 0 Å². The van der Waals surface area contributed by atoms with Crippen LogP contribution in [-0.4, -0.2) is 37.5 Å². The largest absolute Gasteiger partial charge is 0.507 e. The molecule has 37 heavy (non-hydrogen) atoms. The minimum Gasteiger partial charge on any atom is -0.507 e. The molecular weight excluding hydrogens is 464 g/mol. The second-order valence-corrected chi connectivity index (χ2v) is 9.78. The Morgan fingerprint density at radius 3 is 2.30 bits per heavy atom. The number of anilines is 2. The van der Waals surface area contributed by atoms with E-state index in [0.717, 1.165) is 28.1 Å². The highest BCUT2D eigenvalue weighted by Gasteiger charge is 2.47. The van der Waals surface area contributed by atoms with Crippen molar-refractivity contribution in [3.63, 3.8) is 0 Å². The summed E-state index contributed by atoms with van der Waals surface area (Å²) in [6.07, 6.45) is 0. The molecule has 1 fully saturated rings. The van der Waals surface area contributed by atoms with Gasteiger partial charge in [0.15, 0.2) is 0 Å². The second kappa shape index (κ2) is 10.5. The maximum atomic E-state index is 13.5. The molecule has 0 aliphatic carbocycles. The van der Waals surface area contributed by atoms with E-state index in [4.69, 9.17) is 4.74 Å². The number of para-hydroxylation sites is 1. The Bertz CT molecular complexity index is 1360. The van der Waals surface area contributed by atoms with Gasteiger partial charge < -0.3 is 14.7 Å². The third-order valence-corrected chi connectivity index (χ3v) is 6.75. The lowest BCUT2D eigenvalue weighted by atomic mass is 9.93. The number of carbonyl (C=O) groups excluding carboxylic acids is 2. The van der Waals surface area contributed by atoms with Gasteiger partial charge in [-0.2, -0.15) is 0 Å². The Morgan fingerprint density at radius 2 is 1.70 bits per heavy atom. The summed E-state index contributed by atoms with van der Waals surface area (Å²) in [6.45, 7) is 8.44. The molecule has 6 nitrogen and oxygen atoms in total. The second-order valence-electron chi connectivity index (χ2n) is 9.78. The molecule has 0 radical (unpaired) electrons. The Morgan fingerprint density at radius 1 is 1.03 bits per heavy atom. The van der Waals surface area contributed by atoms with Gasteiger partial charge in [-0.15, -0.1) is 0 Å². The van der Waals surface area contributed by atoms with Crippen LogP contribution in [0, 0.1) is 6.92 Å². The average molecular weight is 499 g/mol.